The second-order valence-corrected chi connectivity index (χ2v) is 7.04. The first-order chi connectivity index (χ1) is 10.1. The van der Waals surface area contributed by atoms with Gasteiger partial charge in [0.15, 0.2) is 0 Å². The molecule has 0 saturated heterocycles. The van der Waals surface area contributed by atoms with Gasteiger partial charge in [0, 0.05) is 16.6 Å². The first kappa shape index (κ1) is 14.8. The molecule has 1 N–H and O–H groups in total. The molecule has 0 heterocycles. The van der Waals surface area contributed by atoms with E-state index in [1.165, 1.54) is 34.0 Å². The minimum atomic E-state index is 0.427. The van der Waals surface area contributed by atoms with Crippen molar-refractivity contribution in [1.29, 1.82) is 0 Å². The van der Waals surface area contributed by atoms with Gasteiger partial charge < -0.3 is 5.32 Å². The molecule has 2 aromatic rings. The number of halogens is 1. The molecule has 1 aliphatic carbocycles. The van der Waals surface area contributed by atoms with Crippen LogP contribution in [0.4, 0.5) is 0 Å². The van der Waals surface area contributed by atoms with Crippen LogP contribution < -0.4 is 5.32 Å². The standard InChI is InChI=1S/C19H22BrN/c1-13-7-9-15(10-8-13)14(2)21-17-11-16(12-17)18-5-3-4-6-19(18)20/h3-10,14,16-17,21H,11-12H2,1-2H3/t14-,16?,17?/m1/s1. The van der Waals surface area contributed by atoms with Crippen molar-refractivity contribution in [3.05, 3.63) is 69.7 Å². The van der Waals surface area contributed by atoms with Crippen LogP contribution in [0.3, 0.4) is 0 Å². The van der Waals surface area contributed by atoms with Crippen molar-refractivity contribution in [3.63, 3.8) is 0 Å². The molecule has 0 aliphatic heterocycles. The topological polar surface area (TPSA) is 12.0 Å². The van der Waals surface area contributed by atoms with E-state index in [9.17, 15) is 0 Å². The summed E-state index contributed by atoms with van der Waals surface area (Å²) >= 11 is 3.67. The molecule has 0 unspecified atom stereocenters. The van der Waals surface area contributed by atoms with Crippen LogP contribution >= 0.6 is 15.9 Å². The molecule has 0 amide bonds. The third-order valence-corrected chi connectivity index (χ3v) is 5.27. The van der Waals surface area contributed by atoms with E-state index < -0.39 is 0 Å². The summed E-state index contributed by atoms with van der Waals surface area (Å²) in [5.74, 6) is 0.697. The van der Waals surface area contributed by atoms with E-state index in [0.717, 1.165) is 0 Å². The summed E-state index contributed by atoms with van der Waals surface area (Å²) in [6.45, 7) is 4.40. The fraction of sp³-hybridized carbons (Fsp3) is 0.368. The van der Waals surface area contributed by atoms with Gasteiger partial charge in [-0.05, 0) is 49.8 Å². The van der Waals surface area contributed by atoms with Gasteiger partial charge in [-0.2, -0.15) is 0 Å². The summed E-state index contributed by atoms with van der Waals surface area (Å²) in [6.07, 6.45) is 2.47. The Morgan fingerprint density at radius 1 is 1.05 bits per heavy atom. The Labute approximate surface area is 135 Å². The molecule has 0 spiro atoms. The molecule has 0 radical (unpaired) electrons. The van der Waals surface area contributed by atoms with Gasteiger partial charge in [-0.3, -0.25) is 0 Å². The Morgan fingerprint density at radius 3 is 2.38 bits per heavy atom. The predicted octanol–water partition coefficient (Wildman–Crippen LogP) is 5.35. The van der Waals surface area contributed by atoms with Crippen LogP contribution in [0, 0.1) is 6.92 Å². The highest BCUT2D eigenvalue weighted by molar-refractivity contribution is 9.10. The number of nitrogens with one attached hydrogen (secondary N) is 1. The Kier molecular flexibility index (Phi) is 4.46. The minimum absolute atomic E-state index is 0.427. The molecule has 3 rings (SSSR count). The first-order valence-corrected chi connectivity index (χ1v) is 8.50. The van der Waals surface area contributed by atoms with Crippen molar-refractivity contribution >= 4 is 15.9 Å². The molecule has 1 fully saturated rings. The van der Waals surface area contributed by atoms with Gasteiger partial charge >= 0.3 is 0 Å². The average molecular weight is 344 g/mol. The van der Waals surface area contributed by atoms with Crippen LogP contribution in [0.5, 0.6) is 0 Å². The van der Waals surface area contributed by atoms with Gasteiger partial charge in [-0.1, -0.05) is 64.0 Å². The summed E-state index contributed by atoms with van der Waals surface area (Å²) in [7, 11) is 0. The maximum absolute atomic E-state index is 3.76. The highest BCUT2D eigenvalue weighted by atomic mass is 79.9. The van der Waals surface area contributed by atoms with E-state index in [1.807, 2.05) is 0 Å². The summed E-state index contributed by atoms with van der Waals surface area (Å²) in [4.78, 5) is 0. The Hall–Kier alpha value is -1.12. The van der Waals surface area contributed by atoms with E-state index in [0.29, 0.717) is 18.0 Å². The van der Waals surface area contributed by atoms with Gasteiger partial charge in [0.05, 0.1) is 0 Å². The average Bonchev–Trinajstić information content (AvgIpc) is 2.44. The number of aryl methyl sites for hydroxylation is 1. The number of rotatable bonds is 4. The fourth-order valence-electron chi connectivity index (χ4n) is 3.12. The Bertz CT molecular complexity index is 599. The Morgan fingerprint density at radius 2 is 1.71 bits per heavy atom. The van der Waals surface area contributed by atoms with Crippen molar-refractivity contribution < 1.29 is 0 Å². The van der Waals surface area contributed by atoms with Gasteiger partial charge in [0.2, 0.25) is 0 Å². The van der Waals surface area contributed by atoms with Gasteiger partial charge in [0.25, 0.3) is 0 Å². The highest BCUT2D eigenvalue weighted by Crippen LogP contribution is 2.40. The third kappa shape index (κ3) is 3.38. The summed E-state index contributed by atoms with van der Waals surface area (Å²) in [5, 5.41) is 3.76. The predicted molar refractivity (Wildman–Crippen MR) is 92.6 cm³/mol. The van der Waals surface area contributed by atoms with E-state index in [4.69, 9.17) is 0 Å². The SMILES string of the molecule is Cc1ccc([C@@H](C)NC2CC(c3ccccc3Br)C2)cc1. The van der Waals surface area contributed by atoms with Crippen LogP contribution in [0.25, 0.3) is 0 Å². The first-order valence-electron chi connectivity index (χ1n) is 7.70. The lowest BCUT2D eigenvalue weighted by atomic mass is 9.75. The van der Waals surface area contributed by atoms with Crippen LogP contribution in [-0.2, 0) is 0 Å². The lowest BCUT2D eigenvalue weighted by molar-refractivity contribution is 0.270. The number of hydrogen-bond acceptors (Lipinski definition) is 1. The van der Waals surface area contributed by atoms with E-state index in [2.05, 4.69) is 83.6 Å². The molecule has 1 nitrogen and oxygen atoms in total. The van der Waals surface area contributed by atoms with Gasteiger partial charge in [-0.15, -0.1) is 0 Å². The molecule has 0 aromatic heterocycles. The van der Waals surface area contributed by atoms with Crippen LogP contribution in [0.2, 0.25) is 0 Å². The van der Waals surface area contributed by atoms with Crippen LogP contribution in [-0.4, -0.2) is 6.04 Å². The zero-order valence-electron chi connectivity index (χ0n) is 12.6. The molecular formula is C19H22BrN. The summed E-state index contributed by atoms with van der Waals surface area (Å²) < 4.78 is 1.25. The second-order valence-electron chi connectivity index (χ2n) is 6.19. The maximum Gasteiger partial charge on any atom is 0.0294 e. The zero-order chi connectivity index (χ0) is 14.8. The molecule has 21 heavy (non-hydrogen) atoms. The van der Waals surface area contributed by atoms with Crippen molar-refractivity contribution in [2.75, 3.05) is 0 Å². The third-order valence-electron chi connectivity index (χ3n) is 4.55. The lowest BCUT2D eigenvalue weighted by Crippen LogP contribution is -2.41. The molecule has 1 atom stereocenters. The van der Waals surface area contributed by atoms with E-state index in [1.54, 1.807) is 0 Å². The van der Waals surface area contributed by atoms with Crippen molar-refractivity contribution in [2.45, 2.75) is 44.7 Å². The molecule has 1 saturated carbocycles. The molecule has 110 valence electrons. The van der Waals surface area contributed by atoms with Crippen LogP contribution in [0.15, 0.2) is 53.0 Å². The molecule has 2 aromatic carbocycles. The largest absolute Gasteiger partial charge is 0.307 e. The maximum atomic E-state index is 3.76. The highest BCUT2D eigenvalue weighted by Gasteiger charge is 2.31. The van der Waals surface area contributed by atoms with Gasteiger partial charge in [0.1, 0.15) is 0 Å². The minimum Gasteiger partial charge on any atom is -0.307 e. The van der Waals surface area contributed by atoms with Crippen molar-refractivity contribution in [3.8, 4) is 0 Å². The fourth-order valence-corrected chi connectivity index (χ4v) is 3.73. The van der Waals surface area contributed by atoms with Crippen molar-refractivity contribution in [2.24, 2.45) is 0 Å². The van der Waals surface area contributed by atoms with E-state index >= 15 is 0 Å². The monoisotopic (exact) mass is 343 g/mol. The summed E-state index contributed by atoms with van der Waals surface area (Å²) in [6, 6.07) is 18.5. The van der Waals surface area contributed by atoms with Crippen molar-refractivity contribution in [1.82, 2.24) is 5.32 Å². The smallest absolute Gasteiger partial charge is 0.0294 e. The normalized spacial score (nSPS) is 22.6. The Balaban J connectivity index is 1.55. The zero-order valence-corrected chi connectivity index (χ0v) is 14.2. The quantitative estimate of drug-likeness (QED) is 0.788. The molecule has 2 heteroatoms. The molecule has 0 bridgehead atoms. The van der Waals surface area contributed by atoms with Gasteiger partial charge in [-0.25, -0.2) is 0 Å². The van der Waals surface area contributed by atoms with E-state index in [-0.39, 0.29) is 0 Å². The van der Waals surface area contributed by atoms with Crippen LogP contribution in [0.1, 0.15) is 48.4 Å². The number of hydrogen-bond donors (Lipinski definition) is 1. The molecular weight excluding hydrogens is 322 g/mol. The lowest BCUT2D eigenvalue weighted by Gasteiger charge is -2.38. The number of benzene rings is 2. The molecule has 1 aliphatic rings. The summed E-state index contributed by atoms with van der Waals surface area (Å²) in [5.41, 5.74) is 4.16. The second kappa shape index (κ2) is 6.33.